The van der Waals surface area contributed by atoms with Crippen LogP contribution >= 0.6 is 0 Å². The summed E-state index contributed by atoms with van der Waals surface area (Å²) < 4.78 is 2.40. The number of nitriles is 1. The second-order valence-electron chi connectivity index (χ2n) is 5.22. The topological polar surface area (TPSA) is 30.0 Å². The molecule has 1 fully saturated rings. The third-order valence-electron chi connectivity index (χ3n) is 3.88. The van der Waals surface area contributed by atoms with E-state index in [0.29, 0.717) is 6.04 Å². The molecule has 1 aromatic carbocycles. The fourth-order valence-electron chi connectivity index (χ4n) is 2.91. The lowest BCUT2D eigenvalue weighted by molar-refractivity contribution is -0.547. The van der Waals surface area contributed by atoms with E-state index in [1.165, 1.54) is 31.4 Å². The van der Waals surface area contributed by atoms with Crippen molar-refractivity contribution < 1.29 is 4.58 Å². The van der Waals surface area contributed by atoms with E-state index in [2.05, 4.69) is 33.9 Å². The zero-order valence-corrected chi connectivity index (χ0v) is 10.5. The molecule has 1 saturated heterocycles. The van der Waals surface area contributed by atoms with Crippen LogP contribution in [0.1, 0.15) is 30.4 Å². The maximum absolute atomic E-state index is 8.78. The van der Waals surface area contributed by atoms with Gasteiger partial charge in [-0.15, -0.1) is 0 Å². The van der Waals surface area contributed by atoms with Crippen molar-refractivity contribution in [3.05, 3.63) is 35.4 Å². The van der Waals surface area contributed by atoms with Gasteiger partial charge < -0.3 is 0 Å². The van der Waals surface area contributed by atoms with Gasteiger partial charge in [0.15, 0.2) is 19.4 Å². The maximum atomic E-state index is 8.78. The van der Waals surface area contributed by atoms with Gasteiger partial charge in [0.05, 0.1) is 17.7 Å². The predicted octanol–water partition coefficient (Wildman–Crippen LogP) is 1.97. The molecule has 3 rings (SSSR count). The molecule has 0 N–H and O–H groups in total. The Morgan fingerprint density at radius 1 is 1.28 bits per heavy atom. The number of rotatable bonds is 2. The number of hydrogen-bond donors (Lipinski definition) is 0. The van der Waals surface area contributed by atoms with Crippen molar-refractivity contribution in [1.29, 1.82) is 5.26 Å². The van der Waals surface area contributed by atoms with Crippen LogP contribution in [0.15, 0.2) is 24.3 Å². The Kier molecular flexibility index (Phi) is 3.12. The first-order valence-electron chi connectivity index (χ1n) is 6.67. The SMILES string of the molecule is N#Cc1ccc(C[N+]2=CC3CCCCN3C2)cc1. The summed E-state index contributed by atoms with van der Waals surface area (Å²) in [5.41, 5.74) is 2.02. The highest BCUT2D eigenvalue weighted by Crippen LogP contribution is 2.19. The Labute approximate surface area is 108 Å². The van der Waals surface area contributed by atoms with Gasteiger partial charge in [0.1, 0.15) is 0 Å². The quantitative estimate of drug-likeness (QED) is 0.740. The molecule has 2 heterocycles. The first kappa shape index (κ1) is 11.4. The fraction of sp³-hybridized carbons (Fsp3) is 0.467. The molecule has 0 radical (unpaired) electrons. The van der Waals surface area contributed by atoms with E-state index in [1.54, 1.807) is 0 Å². The van der Waals surface area contributed by atoms with Gasteiger partial charge in [0.2, 0.25) is 0 Å². The zero-order valence-electron chi connectivity index (χ0n) is 10.5. The minimum atomic E-state index is 0.664. The van der Waals surface area contributed by atoms with Gasteiger partial charge >= 0.3 is 0 Å². The molecular formula is C15H18N3+. The minimum Gasteiger partial charge on any atom is -0.236 e. The molecule has 0 amide bonds. The van der Waals surface area contributed by atoms with Crippen molar-refractivity contribution in [2.75, 3.05) is 13.2 Å². The van der Waals surface area contributed by atoms with Gasteiger partial charge in [-0.2, -0.15) is 5.26 Å². The van der Waals surface area contributed by atoms with Crippen LogP contribution in [0.5, 0.6) is 0 Å². The average molecular weight is 240 g/mol. The van der Waals surface area contributed by atoms with Gasteiger partial charge in [0.25, 0.3) is 0 Å². The summed E-state index contributed by atoms with van der Waals surface area (Å²) in [6.45, 7) is 3.26. The van der Waals surface area contributed by atoms with Crippen LogP contribution in [0.25, 0.3) is 0 Å². The van der Waals surface area contributed by atoms with Gasteiger partial charge in [0, 0.05) is 12.1 Å². The Morgan fingerprint density at radius 3 is 2.83 bits per heavy atom. The molecule has 0 aromatic heterocycles. The first-order chi connectivity index (χ1) is 8.85. The first-order valence-corrected chi connectivity index (χ1v) is 6.67. The van der Waals surface area contributed by atoms with Crippen molar-refractivity contribution in [3.8, 4) is 6.07 Å². The predicted molar refractivity (Wildman–Crippen MR) is 70.4 cm³/mol. The average Bonchev–Trinajstić information content (AvgIpc) is 2.82. The molecule has 3 heteroatoms. The van der Waals surface area contributed by atoms with Crippen LogP contribution in [0.4, 0.5) is 0 Å². The fourth-order valence-corrected chi connectivity index (χ4v) is 2.91. The minimum absolute atomic E-state index is 0.664. The van der Waals surface area contributed by atoms with Crippen LogP contribution in [0.3, 0.4) is 0 Å². The van der Waals surface area contributed by atoms with Crippen LogP contribution in [0, 0.1) is 11.3 Å². The van der Waals surface area contributed by atoms with Crippen molar-refractivity contribution in [2.24, 2.45) is 0 Å². The highest BCUT2D eigenvalue weighted by Gasteiger charge is 2.32. The largest absolute Gasteiger partial charge is 0.236 e. The molecule has 1 aromatic rings. The summed E-state index contributed by atoms with van der Waals surface area (Å²) >= 11 is 0. The van der Waals surface area contributed by atoms with Gasteiger partial charge in [-0.05, 0) is 25.0 Å². The third kappa shape index (κ3) is 2.30. The van der Waals surface area contributed by atoms with Crippen LogP contribution in [-0.2, 0) is 6.54 Å². The van der Waals surface area contributed by atoms with E-state index in [-0.39, 0.29) is 0 Å². The van der Waals surface area contributed by atoms with Crippen LogP contribution < -0.4 is 0 Å². The zero-order chi connectivity index (χ0) is 12.4. The van der Waals surface area contributed by atoms with Crippen molar-refractivity contribution in [2.45, 2.75) is 31.8 Å². The molecule has 1 atom stereocenters. The van der Waals surface area contributed by atoms with E-state index < -0.39 is 0 Å². The van der Waals surface area contributed by atoms with Gasteiger partial charge in [-0.3, -0.25) is 0 Å². The summed E-state index contributed by atoms with van der Waals surface area (Å²) in [5, 5.41) is 8.78. The molecule has 3 nitrogen and oxygen atoms in total. The highest BCUT2D eigenvalue weighted by molar-refractivity contribution is 5.60. The molecule has 0 spiro atoms. The Morgan fingerprint density at radius 2 is 2.11 bits per heavy atom. The van der Waals surface area contributed by atoms with E-state index in [0.717, 1.165) is 18.8 Å². The second-order valence-corrected chi connectivity index (χ2v) is 5.22. The van der Waals surface area contributed by atoms with Crippen LogP contribution in [-0.4, -0.2) is 34.9 Å². The second kappa shape index (κ2) is 4.91. The lowest BCUT2D eigenvalue weighted by Gasteiger charge is -2.24. The summed E-state index contributed by atoms with van der Waals surface area (Å²) in [6, 6.07) is 10.7. The van der Waals surface area contributed by atoms with Crippen LogP contribution in [0.2, 0.25) is 0 Å². The molecule has 0 saturated carbocycles. The molecule has 0 bridgehead atoms. The number of fused-ring (bicyclic) bond motifs is 1. The van der Waals surface area contributed by atoms with E-state index in [9.17, 15) is 0 Å². The molecule has 0 aliphatic carbocycles. The lowest BCUT2D eigenvalue weighted by Crippen LogP contribution is -2.36. The molecule has 18 heavy (non-hydrogen) atoms. The lowest BCUT2D eigenvalue weighted by atomic mass is 10.1. The monoisotopic (exact) mass is 240 g/mol. The number of nitrogens with zero attached hydrogens (tertiary/aromatic N) is 3. The Bertz CT molecular complexity index is 495. The number of benzene rings is 1. The highest BCUT2D eigenvalue weighted by atomic mass is 15.3. The molecule has 1 unspecified atom stereocenters. The summed E-state index contributed by atoms with van der Waals surface area (Å²) in [5.74, 6) is 0. The van der Waals surface area contributed by atoms with E-state index >= 15 is 0 Å². The summed E-state index contributed by atoms with van der Waals surface area (Å²) in [4.78, 5) is 2.56. The third-order valence-corrected chi connectivity index (χ3v) is 3.88. The smallest absolute Gasteiger partial charge is 0.199 e. The van der Waals surface area contributed by atoms with Gasteiger partial charge in [-0.25, -0.2) is 9.48 Å². The summed E-state index contributed by atoms with van der Waals surface area (Å²) in [7, 11) is 0. The molecular weight excluding hydrogens is 222 g/mol. The standard InChI is InChI=1S/C15H18N3/c16-9-13-4-6-14(7-5-13)10-17-11-15-3-1-2-8-18(15)12-17/h4-7,11,15H,1-3,8,10,12H2/q+1. The Balaban J connectivity index is 1.68. The normalized spacial score (nSPS) is 23.3. The molecule has 92 valence electrons. The molecule has 2 aliphatic rings. The van der Waals surface area contributed by atoms with Crippen molar-refractivity contribution in [3.63, 3.8) is 0 Å². The van der Waals surface area contributed by atoms with Crippen molar-refractivity contribution >= 4 is 6.21 Å². The Hall–Kier alpha value is -1.66. The summed E-state index contributed by atoms with van der Waals surface area (Å²) in [6.07, 6.45) is 6.40. The number of piperidine rings is 1. The number of hydrogen-bond acceptors (Lipinski definition) is 2. The van der Waals surface area contributed by atoms with E-state index in [1.807, 2.05) is 12.1 Å². The van der Waals surface area contributed by atoms with E-state index in [4.69, 9.17) is 5.26 Å². The molecule has 2 aliphatic heterocycles. The van der Waals surface area contributed by atoms with Crippen molar-refractivity contribution in [1.82, 2.24) is 4.90 Å². The maximum Gasteiger partial charge on any atom is 0.199 e. The van der Waals surface area contributed by atoms with Gasteiger partial charge in [-0.1, -0.05) is 18.6 Å².